The van der Waals surface area contributed by atoms with Gasteiger partial charge < -0.3 is 15.4 Å². The van der Waals surface area contributed by atoms with Gasteiger partial charge in [0.05, 0.1) is 7.11 Å². The summed E-state index contributed by atoms with van der Waals surface area (Å²) in [6, 6.07) is 17.5. The number of benzene rings is 2. The van der Waals surface area contributed by atoms with Crippen LogP contribution in [0.25, 0.3) is 0 Å². The molecule has 7 heteroatoms. The Morgan fingerprint density at radius 1 is 1.00 bits per heavy atom. The molecular formula is C18H15ClN4O2. The predicted molar refractivity (Wildman–Crippen MR) is 97.7 cm³/mol. The third-order valence-electron chi connectivity index (χ3n) is 3.34. The summed E-state index contributed by atoms with van der Waals surface area (Å²) in [6.45, 7) is 0. The molecule has 0 aliphatic carbocycles. The number of rotatable bonds is 5. The first-order valence-corrected chi connectivity index (χ1v) is 7.83. The van der Waals surface area contributed by atoms with Crippen molar-refractivity contribution in [2.24, 2.45) is 0 Å². The zero-order valence-corrected chi connectivity index (χ0v) is 14.1. The molecule has 0 radical (unpaired) electrons. The Labute approximate surface area is 149 Å². The summed E-state index contributed by atoms with van der Waals surface area (Å²) in [7, 11) is 1.60. The Bertz CT molecular complexity index is 867. The summed E-state index contributed by atoms with van der Waals surface area (Å²) in [5, 5.41) is 14.4. The van der Waals surface area contributed by atoms with Crippen molar-refractivity contribution < 1.29 is 9.53 Å². The van der Waals surface area contributed by atoms with Gasteiger partial charge in [-0.25, -0.2) is 0 Å². The van der Waals surface area contributed by atoms with Gasteiger partial charge >= 0.3 is 0 Å². The second-order valence-electron chi connectivity index (χ2n) is 5.12. The average molecular weight is 355 g/mol. The minimum Gasteiger partial charge on any atom is -0.497 e. The van der Waals surface area contributed by atoms with Crippen molar-refractivity contribution in [3.05, 3.63) is 71.4 Å². The largest absolute Gasteiger partial charge is 0.497 e. The number of nitrogens with one attached hydrogen (secondary N) is 2. The van der Waals surface area contributed by atoms with Crippen LogP contribution in [0.1, 0.15) is 10.5 Å². The molecule has 0 saturated heterocycles. The number of aromatic nitrogens is 2. The van der Waals surface area contributed by atoms with E-state index in [1.807, 2.05) is 24.3 Å². The lowest BCUT2D eigenvalue weighted by Crippen LogP contribution is -2.14. The highest BCUT2D eigenvalue weighted by Crippen LogP contribution is 2.20. The predicted octanol–water partition coefficient (Wildman–Crippen LogP) is 4.13. The highest BCUT2D eigenvalue weighted by Gasteiger charge is 2.09. The summed E-state index contributed by atoms with van der Waals surface area (Å²) in [6.07, 6.45) is 0. The van der Waals surface area contributed by atoms with Crippen molar-refractivity contribution in [1.29, 1.82) is 0 Å². The molecular weight excluding hydrogens is 340 g/mol. The van der Waals surface area contributed by atoms with Crippen LogP contribution in [0.4, 0.5) is 17.2 Å². The van der Waals surface area contributed by atoms with Crippen molar-refractivity contribution in [2.45, 2.75) is 0 Å². The number of ether oxygens (including phenoxy) is 1. The van der Waals surface area contributed by atoms with Crippen molar-refractivity contribution in [2.75, 3.05) is 17.7 Å². The number of anilines is 3. The lowest BCUT2D eigenvalue weighted by atomic mass is 10.3. The van der Waals surface area contributed by atoms with E-state index in [0.717, 1.165) is 11.4 Å². The molecule has 2 N–H and O–H groups in total. The van der Waals surface area contributed by atoms with Crippen LogP contribution < -0.4 is 15.4 Å². The zero-order valence-electron chi connectivity index (χ0n) is 13.4. The Morgan fingerprint density at radius 3 is 2.48 bits per heavy atom. The van der Waals surface area contributed by atoms with E-state index in [4.69, 9.17) is 16.3 Å². The monoisotopic (exact) mass is 354 g/mol. The van der Waals surface area contributed by atoms with E-state index < -0.39 is 0 Å². The number of carbonyl (C=O) groups excluding carboxylic acids is 1. The number of carbonyl (C=O) groups is 1. The summed E-state index contributed by atoms with van der Waals surface area (Å²) in [4.78, 5) is 12.2. The van der Waals surface area contributed by atoms with Crippen LogP contribution in [0.5, 0.6) is 5.75 Å². The number of halogens is 1. The zero-order chi connectivity index (χ0) is 17.6. The van der Waals surface area contributed by atoms with Crippen LogP contribution in [-0.2, 0) is 0 Å². The van der Waals surface area contributed by atoms with E-state index in [2.05, 4.69) is 20.8 Å². The second kappa shape index (κ2) is 7.63. The molecule has 1 amide bonds. The number of hydrogen-bond acceptors (Lipinski definition) is 5. The normalized spacial score (nSPS) is 10.2. The number of amides is 1. The van der Waals surface area contributed by atoms with E-state index in [-0.39, 0.29) is 11.6 Å². The van der Waals surface area contributed by atoms with Crippen molar-refractivity contribution >= 4 is 34.7 Å². The molecule has 0 bridgehead atoms. The fraction of sp³-hybridized carbons (Fsp3) is 0.0556. The van der Waals surface area contributed by atoms with Gasteiger partial charge in [-0.15, -0.1) is 10.2 Å². The van der Waals surface area contributed by atoms with Gasteiger partial charge in [-0.3, -0.25) is 4.79 Å². The molecule has 0 aliphatic heterocycles. The molecule has 6 nitrogen and oxygen atoms in total. The smallest absolute Gasteiger partial charge is 0.276 e. The second-order valence-corrected chi connectivity index (χ2v) is 5.56. The van der Waals surface area contributed by atoms with Gasteiger partial charge in [0.25, 0.3) is 5.91 Å². The van der Waals surface area contributed by atoms with Gasteiger partial charge in [0.1, 0.15) is 5.75 Å². The number of hydrogen-bond donors (Lipinski definition) is 2. The number of nitrogens with zero attached hydrogens (tertiary/aromatic N) is 2. The lowest BCUT2D eigenvalue weighted by Gasteiger charge is -2.08. The van der Waals surface area contributed by atoms with Crippen LogP contribution in [0.15, 0.2) is 60.7 Å². The van der Waals surface area contributed by atoms with Gasteiger partial charge in [-0.05, 0) is 48.5 Å². The minimum atomic E-state index is -0.345. The molecule has 0 aliphatic rings. The molecule has 25 heavy (non-hydrogen) atoms. The van der Waals surface area contributed by atoms with Crippen LogP contribution in [-0.4, -0.2) is 23.2 Å². The molecule has 0 spiro atoms. The third kappa shape index (κ3) is 4.45. The first-order chi connectivity index (χ1) is 12.1. The fourth-order valence-electron chi connectivity index (χ4n) is 2.10. The van der Waals surface area contributed by atoms with Crippen molar-refractivity contribution in [1.82, 2.24) is 10.2 Å². The van der Waals surface area contributed by atoms with Crippen LogP contribution >= 0.6 is 11.6 Å². The van der Waals surface area contributed by atoms with E-state index in [1.54, 1.807) is 43.5 Å². The molecule has 126 valence electrons. The van der Waals surface area contributed by atoms with Gasteiger partial charge in [0, 0.05) is 22.5 Å². The fourth-order valence-corrected chi connectivity index (χ4v) is 2.22. The van der Waals surface area contributed by atoms with Gasteiger partial charge in [-0.1, -0.05) is 17.7 Å². The summed E-state index contributed by atoms with van der Waals surface area (Å²) < 4.78 is 5.17. The molecule has 0 atom stereocenters. The lowest BCUT2D eigenvalue weighted by molar-refractivity contribution is 0.102. The Hall–Kier alpha value is -3.12. The van der Waals surface area contributed by atoms with Crippen LogP contribution in [0.3, 0.4) is 0 Å². The first kappa shape index (κ1) is 16.7. The summed E-state index contributed by atoms with van der Waals surface area (Å²) in [5.41, 5.74) is 1.66. The highest BCUT2D eigenvalue weighted by atomic mass is 35.5. The summed E-state index contributed by atoms with van der Waals surface area (Å²) >= 11 is 5.82. The standard InChI is InChI=1S/C18H15ClN4O2/c1-25-15-4-2-3-14(11-15)20-17-10-9-16(22-23-17)18(24)21-13-7-5-12(19)6-8-13/h2-11H,1H3,(H,20,23)(H,21,24). The highest BCUT2D eigenvalue weighted by molar-refractivity contribution is 6.30. The maximum Gasteiger partial charge on any atom is 0.276 e. The van der Waals surface area contributed by atoms with Gasteiger partial charge in [-0.2, -0.15) is 0 Å². The Kier molecular flexibility index (Phi) is 5.11. The topological polar surface area (TPSA) is 76.1 Å². The molecule has 3 aromatic rings. The van der Waals surface area contributed by atoms with E-state index in [9.17, 15) is 4.79 Å². The van der Waals surface area contributed by atoms with Gasteiger partial charge in [0.2, 0.25) is 0 Å². The SMILES string of the molecule is COc1cccc(Nc2ccc(C(=O)Nc3ccc(Cl)cc3)nn2)c1. The third-order valence-corrected chi connectivity index (χ3v) is 3.59. The average Bonchev–Trinajstić information content (AvgIpc) is 2.64. The molecule has 3 rings (SSSR count). The van der Waals surface area contributed by atoms with E-state index >= 15 is 0 Å². The van der Waals surface area contributed by atoms with Crippen molar-refractivity contribution in [3.8, 4) is 5.75 Å². The maximum atomic E-state index is 12.2. The van der Waals surface area contributed by atoms with Gasteiger partial charge in [0.15, 0.2) is 11.5 Å². The molecule has 2 aromatic carbocycles. The summed E-state index contributed by atoms with van der Waals surface area (Å²) in [5.74, 6) is 0.913. The Morgan fingerprint density at radius 2 is 1.80 bits per heavy atom. The van der Waals surface area contributed by atoms with Crippen molar-refractivity contribution in [3.63, 3.8) is 0 Å². The van der Waals surface area contributed by atoms with Crippen LogP contribution in [0.2, 0.25) is 5.02 Å². The minimum absolute atomic E-state index is 0.214. The Balaban J connectivity index is 1.66. The first-order valence-electron chi connectivity index (χ1n) is 7.46. The quantitative estimate of drug-likeness (QED) is 0.720. The molecule has 0 unspecified atom stereocenters. The maximum absolute atomic E-state index is 12.2. The molecule has 0 saturated carbocycles. The molecule has 0 fully saturated rings. The van der Waals surface area contributed by atoms with E-state index in [1.165, 1.54) is 0 Å². The number of methoxy groups -OCH3 is 1. The molecule has 1 aromatic heterocycles. The van der Waals surface area contributed by atoms with Crippen LogP contribution in [0, 0.1) is 0 Å². The molecule has 1 heterocycles. The van der Waals surface area contributed by atoms with E-state index in [0.29, 0.717) is 16.5 Å².